The largest absolute Gasteiger partial charge is 0.329 e. The van der Waals surface area contributed by atoms with Crippen LogP contribution in [0.5, 0.6) is 0 Å². The average Bonchev–Trinajstić information content (AvgIpc) is 1.68. The van der Waals surface area contributed by atoms with E-state index in [-0.39, 0.29) is 0 Å². The lowest BCUT2D eigenvalue weighted by molar-refractivity contribution is 0.431. The van der Waals surface area contributed by atoms with Gasteiger partial charge >= 0.3 is 0 Å². The smallest absolute Gasteiger partial charge is 0.109 e. The molecule has 2 N–H and O–H groups in total. The molecule has 0 aromatic carbocycles. The molecule has 1 atom stereocenters. The fourth-order valence-electron chi connectivity index (χ4n) is 0.136. The molecule has 0 amide bonds. The van der Waals surface area contributed by atoms with E-state index >= 15 is 0 Å². The van der Waals surface area contributed by atoms with Gasteiger partial charge < -0.3 is 8.80 Å². The van der Waals surface area contributed by atoms with Crippen LogP contribution in [0.15, 0.2) is 0 Å². The summed E-state index contributed by atoms with van der Waals surface area (Å²) >= 11 is 4.12. The van der Waals surface area contributed by atoms with Crippen LogP contribution in [-0.4, -0.2) is 17.1 Å². The summed E-state index contributed by atoms with van der Waals surface area (Å²) in [7, 11) is 0. The van der Waals surface area contributed by atoms with Crippen LogP contribution < -0.4 is 5.73 Å². The van der Waals surface area contributed by atoms with Crippen LogP contribution in [0.3, 0.4) is 0 Å². The molecule has 0 fully saturated rings. The van der Waals surface area contributed by atoms with Crippen molar-refractivity contribution in [1.29, 1.82) is 0 Å². The number of nitrogens with two attached hydrogens (primary N) is 1. The third-order valence-electron chi connectivity index (χ3n) is 0.500. The number of alkyl halides is 1. The zero-order valence-corrected chi connectivity index (χ0v) is 8.05. The molecule has 0 aliphatic heterocycles. The Hall–Kier alpha value is 1.38. The molecule has 2 nitrogen and oxygen atoms in total. The van der Waals surface area contributed by atoms with E-state index in [1.807, 2.05) is 23.0 Å². The van der Waals surface area contributed by atoms with Gasteiger partial charge in [-0.3, -0.25) is 0 Å². The van der Waals surface area contributed by atoms with E-state index in [4.69, 9.17) is 8.80 Å². The third-order valence-corrected chi connectivity index (χ3v) is 1.73. The van der Waals surface area contributed by atoms with Crippen LogP contribution in [0.1, 0.15) is 0 Å². The molecular formula is C3H7I2NO. The predicted octanol–water partition coefficient (Wildman–Crippen LogP) is 1.12. The van der Waals surface area contributed by atoms with Crippen molar-refractivity contribution in [2.24, 2.45) is 5.73 Å². The van der Waals surface area contributed by atoms with E-state index in [9.17, 15) is 0 Å². The molecule has 44 valence electrons. The minimum absolute atomic E-state index is 0.467. The van der Waals surface area contributed by atoms with Gasteiger partial charge in [-0.1, -0.05) is 22.6 Å². The molecule has 0 saturated heterocycles. The van der Waals surface area contributed by atoms with E-state index in [2.05, 4.69) is 22.6 Å². The first-order chi connectivity index (χ1) is 3.31. The molecule has 0 rings (SSSR count). The van der Waals surface area contributed by atoms with E-state index < -0.39 is 0 Å². The SMILES string of the molecule is NCC(I)COI. The number of rotatable bonds is 3. The first-order valence-electron chi connectivity index (χ1n) is 1.89. The molecule has 4 heteroatoms. The highest BCUT2D eigenvalue weighted by Crippen LogP contribution is 1.99. The van der Waals surface area contributed by atoms with Gasteiger partial charge in [-0.05, 0) is 0 Å². The molecule has 0 aliphatic rings. The number of hydrogen-bond acceptors (Lipinski definition) is 2. The number of halogens is 2. The summed E-state index contributed by atoms with van der Waals surface area (Å²) in [6.45, 7) is 1.45. The van der Waals surface area contributed by atoms with Crippen LogP contribution in [0, 0.1) is 0 Å². The lowest BCUT2D eigenvalue weighted by atomic mass is 10.5. The minimum atomic E-state index is 0.467. The van der Waals surface area contributed by atoms with Gasteiger partial charge in [-0.2, -0.15) is 0 Å². The summed E-state index contributed by atoms with van der Waals surface area (Å²) in [6.07, 6.45) is 0. The molecular weight excluding hydrogens is 320 g/mol. The van der Waals surface area contributed by atoms with Crippen molar-refractivity contribution in [3.8, 4) is 0 Å². The topological polar surface area (TPSA) is 35.2 Å². The molecule has 7 heavy (non-hydrogen) atoms. The van der Waals surface area contributed by atoms with Crippen molar-refractivity contribution < 1.29 is 3.07 Å². The molecule has 0 bridgehead atoms. The third kappa shape index (κ3) is 5.25. The quantitative estimate of drug-likeness (QED) is 0.623. The highest BCUT2D eigenvalue weighted by Gasteiger charge is 1.96. The Balaban J connectivity index is 2.83. The van der Waals surface area contributed by atoms with Crippen LogP contribution in [0.2, 0.25) is 0 Å². The Morgan fingerprint density at radius 3 is 2.43 bits per heavy atom. The lowest BCUT2D eigenvalue weighted by Crippen LogP contribution is -2.16. The van der Waals surface area contributed by atoms with Crippen molar-refractivity contribution in [1.82, 2.24) is 0 Å². The first-order valence-corrected chi connectivity index (χ1v) is 4.01. The Morgan fingerprint density at radius 2 is 2.29 bits per heavy atom. The molecule has 0 aromatic rings. The Bertz CT molecular complexity index is 43.9. The van der Waals surface area contributed by atoms with Crippen LogP contribution in [-0.2, 0) is 3.07 Å². The second-order valence-electron chi connectivity index (χ2n) is 1.11. The number of hydrogen-bond donors (Lipinski definition) is 1. The van der Waals surface area contributed by atoms with Gasteiger partial charge in [-0.25, -0.2) is 0 Å². The van der Waals surface area contributed by atoms with Gasteiger partial charge in [0, 0.05) is 10.5 Å². The molecule has 0 aromatic heterocycles. The van der Waals surface area contributed by atoms with Gasteiger partial charge in [0.1, 0.15) is 23.0 Å². The monoisotopic (exact) mass is 327 g/mol. The van der Waals surface area contributed by atoms with Crippen LogP contribution >= 0.6 is 45.6 Å². The van der Waals surface area contributed by atoms with Gasteiger partial charge in [0.15, 0.2) is 0 Å². The molecule has 0 aliphatic carbocycles. The maximum Gasteiger partial charge on any atom is 0.109 e. The predicted molar refractivity (Wildman–Crippen MR) is 46.8 cm³/mol. The average molecular weight is 327 g/mol. The van der Waals surface area contributed by atoms with Crippen molar-refractivity contribution in [2.45, 2.75) is 3.92 Å². The fourth-order valence-corrected chi connectivity index (χ4v) is 1.44. The standard InChI is InChI=1S/C3H7I2NO/c4-3(1-6)2-7-5/h3H,1-2,6H2. The highest BCUT2D eigenvalue weighted by molar-refractivity contribution is 14.1. The fraction of sp³-hybridized carbons (Fsp3) is 1.00. The van der Waals surface area contributed by atoms with Gasteiger partial charge in [0.2, 0.25) is 0 Å². The second-order valence-corrected chi connectivity index (χ2v) is 3.49. The van der Waals surface area contributed by atoms with E-state index in [1.54, 1.807) is 0 Å². The summed E-state index contributed by atoms with van der Waals surface area (Å²) in [6, 6.07) is 0. The molecule has 0 saturated carbocycles. The summed E-state index contributed by atoms with van der Waals surface area (Å²) in [5.74, 6) is 0. The maximum atomic E-state index is 5.27. The lowest BCUT2D eigenvalue weighted by Gasteiger charge is -1.99. The van der Waals surface area contributed by atoms with Crippen LogP contribution in [0.4, 0.5) is 0 Å². The van der Waals surface area contributed by atoms with Gasteiger partial charge in [0.05, 0.1) is 6.61 Å². The summed E-state index contributed by atoms with van der Waals surface area (Å²) < 4.78 is 5.24. The van der Waals surface area contributed by atoms with Crippen molar-refractivity contribution in [2.75, 3.05) is 13.2 Å². The zero-order valence-electron chi connectivity index (χ0n) is 3.73. The second kappa shape index (κ2) is 5.52. The normalized spacial score (nSPS) is 14.1. The first kappa shape index (κ1) is 8.38. The molecule has 0 radical (unpaired) electrons. The van der Waals surface area contributed by atoms with Crippen molar-refractivity contribution >= 4 is 45.6 Å². The maximum absolute atomic E-state index is 5.27. The summed E-state index contributed by atoms with van der Waals surface area (Å²) in [5, 5.41) is 0. The van der Waals surface area contributed by atoms with Crippen molar-refractivity contribution in [3.05, 3.63) is 0 Å². The Labute approximate surface area is 71.0 Å². The molecule has 1 unspecified atom stereocenters. The van der Waals surface area contributed by atoms with Crippen LogP contribution in [0.25, 0.3) is 0 Å². The highest BCUT2D eigenvalue weighted by atomic mass is 127. The van der Waals surface area contributed by atoms with E-state index in [0.717, 1.165) is 6.61 Å². The van der Waals surface area contributed by atoms with Gasteiger partial charge in [-0.15, -0.1) is 0 Å². The Kier molecular flexibility index (Phi) is 6.60. The van der Waals surface area contributed by atoms with E-state index in [1.165, 1.54) is 0 Å². The van der Waals surface area contributed by atoms with Crippen molar-refractivity contribution in [3.63, 3.8) is 0 Å². The van der Waals surface area contributed by atoms with E-state index in [0.29, 0.717) is 10.5 Å². The summed E-state index contributed by atoms with van der Waals surface area (Å²) in [5.41, 5.74) is 5.27. The zero-order chi connectivity index (χ0) is 5.70. The Morgan fingerprint density at radius 1 is 1.71 bits per heavy atom. The van der Waals surface area contributed by atoms with Gasteiger partial charge in [0.25, 0.3) is 0 Å². The molecule has 0 heterocycles. The minimum Gasteiger partial charge on any atom is -0.329 e. The molecule has 0 spiro atoms. The summed E-state index contributed by atoms with van der Waals surface area (Å²) in [4.78, 5) is 0.